The number of thiophene rings is 1. The van der Waals surface area contributed by atoms with Gasteiger partial charge in [-0.1, -0.05) is 200 Å². The molecule has 10 aromatic rings. The zero-order valence-electron chi connectivity index (χ0n) is 74.4. The van der Waals surface area contributed by atoms with E-state index in [1.165, 1.54) is 36.8 Å². The highest BCUT2D eigenvalue weighted by molar-refractivity contribution is 7.13. The lowest BCUT2D eigenvalue weighted by Crippen LogP contribution is -2.32. The Hall–Kier alpha value is -10.7. The second-order valence-electron chi connectivity index (χ2n) is 36.5. The summed E-state index contributed by atoms with van der Waals surface area (Å²) in [5.41, 5.74) is 8.01. The van der Waals surface area contributed by atoms with E-state index in [4.69, 9.17) is 47.9 Å². The predicted octanol–water partition coefficient (Wildman–Crippen LogP) is 24.6. The van der Waals surface area contributed by atoms with Crippen LogP contribution in [0.5, 0.6) is 23.0 Å². The van der Waals surface area contributed by atoms with Gasteiger partial charge in [0.05, 0.1) is 51.8 Å². The van der Waals surface area contributed by atoms with Gasteiger partial charge in [0.15, 0.2) is 11.5 Å². The Morgan fingerprint density at radius 1 is 0.291 bits per heavy atom. The smallest absolute Gasteiger partial charge is 0.314 e. The first-order valence-corrected chi connectivity index (χ1v) is 48.5. The Kier molecular flexibility index (Phi) is 31.8. The van der Waals surface area contributed by atoms with Crippen molar-refractivity contribution in [3.05, 3.63) is 191 Å². The number of fused-ring (bicyclic) bond motifs is 4. The number of nitrogens with zero attached hydrogens (tertiary/aromatic N) is 2. The standard InChI is InChI=1S/C55H59NO8S.C53H65NO8/c1-3-8-36-13-17-38(18-14-36)21-33-49(57)61-42-27-23-40(24-28-42)54(59)63-52-44-10-5-6-11-45(44)53(51-46(52)31-32-47(56-51)48-12-7-35-65-48)64-55(60)41-25-29-43(30-26-41)62-50(58)34-22-39-19-15-37(9-4-2)16-20-39;1-3-10-34-16-28-41(29-17-34)59-50(55)37-20-24-39(25-21-37)52(57)61-48-43-14-8-9-15-44(43)49(47-45(48)32-33-46(54-47)36-12-6-5-7-13-36)62-53(58)40-26-22-38(23-27-40)51(56)60-42-30-18-35(11-4-2)19-31-42/h5-7,10-20,31-32,35,40-43H,3-4,8-9,21-30,33-34H2,1-2H3;5-9,12-15,32-35,37-42H,3-4,10-11,16-31H2,1-2H3. The summed E-state index contributed by atoms with van der Waals surface area (Å²) >= 11 is 1.56. The first kappa shape index (κ1) is 91.1. The fraction of sp³-hybridized carbons (Fsp3) is 0.481. The molecule has 6 aliphatic carbocycles. The Labute approximate surface area is 751 Å². The van der Waals surface area contributed by atoms with E-state index >= 15 is 0 Å². The van der Waals surface area contributed by atoms with E-state index in [1.54, 1.807) is 11.3 Å². The van der Waals surface area contributed by atoms with Crippen LogP contribution in [0.15, 0.2) is 169 Å². The van der Waals surface area contributed by atoms with E-state index in [9.17, 15) is 38.4 Å². The number of carbonyl (C=O) groups is 8. The molecule has 0 bridgehead atoms. The molecule has 6 saturated carbocycles. The molecule has 0 radical (unpaired) electrons. The highest BCUT2D eigenvalue weighted by atomic mass is 32.1. The molecule has 0 amide bonds. The van der Waals surface area contributed by atoms with Gasteiger partial charge in [-0.2, -0.15) is 0 Å². The summed E-state index contributed by atoms with van der Waals surface area (Å²) in [5.74, 6) is -1.07. The minimum absolute atomic E-state index is 0.00530. The third kappa shape index (κ3) is 23.6. The Morgan fingerprint density at radius 3 is 0.969 bits per heavy atom. The van der Waals surface area contributed by atoms with Crippen LogP contribution < -0.4 is 18.9 Å². The van der Waals surface area contributed by atoms with Crippen molar-refractivity contribution in [1.82, 2.24) is 9.97 Å². The van der Waals surface area contributed by atoms with Crippen molar-refractivity contribution in [2.24, 2.45) is 47.3 Å². The fourth-order valence-electron chi connectivity index (χ4n) is 20.1. The molecule has 0 aliphatic heterocycles. The third-order valence-electron chi connectivity index (χ3n) is 27.5. The SMILES string of the molecule is CCCC1CCC(OC(=O)C2CCC(C(=O)Oc3c4ccccc4c(OC(=O)C4CCC(C(=O)OC5CCC(CCC)CC5)CC4)c4nc(-c5ccccc5)ccc34)CC2)CC1.CCCc1ccc(CCC(=O)OC2CCC(C(=O)Oc3c4ccccc4c(OC(=O)C4CCC(OC(=O)CCc5ccc(CCC)cc5)CC4)c4nc(-c5cccs5)ccc34)CC2)cc1. The van der Waals surface area contributed by atoms with Crippen LogP contribution in [0, 0.1) is 47.3 Å². The van der Waals surface area contributed by atoms with Crippen molar-refractivity contribution in [2.45, 2.75) is 283 Å². The molecule has 19 heteroatoms. The molecule has 6 aliphatic rings. The fourth-order valence-corrected chi connectivity index (χ4v) is 20.8. The Balaban J connectivity index is 0.000000196. The van der Waals surface area contributed by atoms with Crippen molar-refractivity contribution in [1.29, 1.82) is 0 Å². The molecule has 16 rings (SSSR count). The van der Waals surface area contributed by atoms with Gasteiger partial charge in [-0.15, -0.1) is 11.3 Å². The molecule has 6 fully saturated rings. The molecule has 3 heterocycles. The summed E-state index contributed by atoms with van der Waals surface area (Å²) in [6, 6.07) is 53.2. The minimum Gasteiger partial charge on any atom is -0.462 e. The van der Waals surface area contributed by atoms with Gasteiger partial charge < -0.3 is 37.9 Å². The van der Waals surface area contributed by atoms with Crippen LogP contribution in [0.4, 0.5) is 0 Å². The maximum absolute atomic E-state index is 14.1. The highest BCUT2D eigenvalue weighted by Crippen LogP contribution is 2.48. The van der Waals surface area contributed by atoms with Crippen LogP contribution in [0.1, 0.15) is 255 Å². The largest absolute Gasteiger partial charge is 0.462 e. The molecule has 3 aromatic heterocycles. The normalized spacial score (nSPS) is 22.5. The number of aryl methyl sites for hydroxylation is 4. The molecule has 18 nitrogen and oxygen atoms in total. The van der Waals surface area contributed by atoms with Crippen LogP contribution in [-0.2, 0) is 83.0 Å². The second-order valence-corrected chi connectivity index (χ2v) is 37.5. The maximum atomic E-state index is 14.1. The average Bonchev–Trinajstić information content (AvgIpc) is 1.16. The molecule has 0 spiro atoms. The number of aromatic nitrogens is 2. The van der Waals surface area contributed by atoms with E-state index in [-0.39, 0.29) is 108 Å². The Morgan fingerprint density at radius 2 is 0.606 bits per heavy atom. The number of carbonyl (C=O) groups excluding carboxylic acids is 8. The summed E-state index contributed by atoms with van der Waals surface area (Å²) in [6.07, 6.45) is 27.8. The molecular weight excluding hydrogens is 1610 g/mol. The summed E-state index contributed by atoms with van der Waals surface area (Å²) in [6.45, 7) is 8.78. The number of esters is 8. The van der Waals surface area contributed by atoms with E-state index in [1.807, 2.05) is 121 Å². The number of hydrogen-bond acceptors (Lipinski definition) is 19. The van der Waals surface area contributed by atoms with E-state index < -0.39 is 0 Å². The molecule has 0 N–H and O–H groups in total. The summed E-state index contributed by atoms with van der Waals surface area (Å²) in [7, 11) is 0. The molecule has 127 heavy (non-hydrogen) atoms. The van der Waals surface area contributed by atoms with Crippen molar-refractivity contribution in [3.8, 4) is 44.8 Å². The number of hydrogen-bond donors (Lipinski definition) is 0. The average molecular weight is 1740 g/mol. The van der Waals surface area contributed by atoms with Gasteiger partial charge in [-0.3, -0.25) is 38.4 Å². The molecule has 0 saturated heterocycles. The van der Waals surface area contributed by atoms with Crippen molar-refractivity contribution in [3.63, 3.8) is 0 Å². The van der Waals surface area contributed by atoms with E-state index in [0.717, 1.165) is 110 Å². The number of pyridine rings is 2. The summed E-state index contributed by atoms with van der Waals surface area (Å²) in [4.78, 5) is 119. The monoisotopic (exact) mass is 1740 g/mol. The van der Waals surface area contributed by atoms with Crippen molar-refractivity contribution >= 4 is 102 Å². The van der Waals surface area contributed by atoms with E-state index in [0.29, 0.717) is 206 Å². The first-order chi connectivity index (χ1) is 62.0. The lowest BCUT2D eigenvalue weighted by molar-refractivity contribution is -0.159. The quantitative estimate of drug-likeness (QED) is 0.0176. The topological polar surface area (TPSA) is 236 Å². The Bertz CT molecular complexity index is 5410. The van der Waals surface area contributed by atoms with Gasteiger partial charge in [0.1, 0.15) is 46.9 Å². The number of rotatable bonds is 30. The lowest BCUT2D eigenvalue weighted by atomic mass is 9.81. The van der Waals surface area contributed by atoms with Gasteiger partial charge in [0.25, 0.3) is 0 Å². The van der Waals surface area contributed by atoms with Crippen LogP contribution in [-0.4, -0.2) is 82.1 Å². The van der Waals surface area contributed by atoms with Gasteiger partial charge in [0.2, 0.25) is 0 Å². The van der Waals surface area contributed by atoms with Gasteiger partial charge in [-0.05, 0) is 250 Å². The lowest BCUT2D eigenvalue weighted by Gasteiger charge is -2.31. The number of benzene rings is 7. The first-order valence-electron chi connectivity index (χ1n) is 47.6. The third-order valence-corrected chi connectivity index (χ3v) is 28.4. The van der Waals surface area contributed by atoms with Crippen molar-refractivity contribution < 1.29 is 76.3 Å². The zero-order valence-corrected chi connectivity index (χ0v) is 75.2. The molecule has 7 aromatic carbocycles. The van der Waals surface area contributed by atoms with Crippen LogP contribution in [0.2, 0.25) is 0 Å². The minimum atomic E-state index is -0.379. The predicted molar refractivity (Wildman–Crippen MR) is 495 cm³/mol. The summed E-state index contributed by atoms with van der Waals surface area (Å²) in [5, 5.41) is 5.63. The summed E-state index contributed by atoms with van der Waals surface area (Å²) < 4.78 is 49.2. The molecule has 0 unspecified atom stereocenters. The van der Waals surface area contributed by atoms with E-state index in [2.05, 4.69) is 76.2 Å². The van der Waals surface area contributed by atoms with Crippen molar-refractivity contribution in [2.75, 3.05) is 0 Å². The molecular formula is C108H124N2O16S. The number of ether oxygens (including phenoxy) is 8. The molecule has 0 atom stereocenters. The van der Waals surface area contributed by atoms with Gasteiger partial charge in [-0.25, -0.2) is 9.97 Å². The van der Waals surface area contributed by atoms with Crippen LogP contribution >= 0.6 is 11.3 Å². The highest BCUT2D eigenvalue weighted by Gasteiger charge is 2.39. The zero-order chi connectivity index (χ0) is 88.1. The van der Waals surface area contributed by atoms with Crippen LogP contribution in [0.3, 0.4) is 0 Å². The second kappa shape index (κ2) is 44.4. The molecule has 668 valence electrons. The van der Waals surface area contributed by atoms with Gasteiger partial charge >= 0.3 is 47.8 Å². The maximum Gasteiger partial charge on any atom is 0.314 e. The van der Waals surface area contributed by atoms with Crippen LogP contribution in [0.25, 0.3) is 65.2 Å². The van der Waals surface area contributed by atoms with Gasteiger partial charge in [0, 0.05) is 50.7 Å².